The van der Waals surface area contributed by atoms with Gasteiger partial charge in [0.05, 0.1) is 18.2 Å². The van der Waals surface area contributed by atoms with Crippen LogP contribution in [0.2, 0.25) is 0 Å². The first-order valence-corrected chi connectivity index (χ1v) is 7.06. The zero-order chi connectivity index (χ0) is 15.2. The Bertz CT molecular complexity index is 559. The Kier molecular flexibility index (Phi) is 4.94. The van der Waals surface area contributed by atoms with Crippen LogP contribution in [0.1, 0.15) is 31.7 Å². The van der Waals surface area contributed by atoms with Crippen molar-refractivity contribution in [2.24, 2.45) is 5.92 Å². The minimum Gasteiger partial charge on any atom is -0.493 e. The molecule has 0 saturated carbocycles. The predicted molar refractivity (Wildman–Crippen MR) is 76.4 cm³/mol. The Hall–Kier alpha value is -2.35. The third-order valence-corrected chi connectivity index (χ3v) is 3.41. The van der Waals surface area contributed by atoms with Crippen molar-refractivity contribution in [2.75, 3.05) is 13.2 Å². The van der Waals surface area contributed by atoms with Gasteiger partial charge < -0.3 is 4.74 Å². The molecule has 1 fully saturated rings. The molecule has 21 heavy (non-hydrogen) atoms. The fourth-order valence-corrected chi connectivity index (χ4v) is 2.35. The summed E-state index contributed by atoms with van der Waals surface area (Å²) in [4.78, 5) is 24.9. The number of piperidine rings is 1. The molecule has 0 aromatic heterocycles. The van der Waals surface area contributed by atoms with E-state index in [1.165, 1.54) is 4.90 Å². The first kappa shape index (κ1) is 15.0. The predicted octanol–water partition coefficient (Wildman–Crippen LogP) is 2.11. The second-order valence-electron chi connectivity index (χ2n) is 5.29. The van der Waals surface area contributed by atoms with E-state index in [1.54, 1.807) is 24.3 Å². The van der Waals surface area contributed by atoms with Crippen LogP contribution < -0.4 is 4.74 Å². The summed E-state index contributed by atoms with van der Waals surface area (Å²) in [6, 6.07) is 8.96. The highest BCUT2D eigenvalue weighted by Crippen LogP contribution is 2.19. The van der Waals surface area contributed by atoms with Gasteiger partial charge in [-0.1, -0.05) is 13.0 Å². The first-order chi connectivity index (χ1) is 10.1. The second kappa shape index (κ2) is 6.89. The van der Waals surface area contributed by atoms with Crippen LogP contribution in [0.25, 0.3) is 0 Å². The van der Waals surface area contributed by atoms with Gasteiger partial charge in [-0.15, -0.1) is 0 Å². The molecule has 0 aliphatic carbocycles. The normalized spacial score (nSPS) is 15.9. The minimum atomic E-state index is -0.0924. The van der Waals surface area contributed by atoms with Gasteiger partial charge in [0, 0.05) is 19.4 Å². The molecule has 0 atom stereocenters. The fraction of sp³-hybridized carbons (Fsp3) is 0.438. The quantitative estimate of drug-likeness (QED) is 0.614. The van der Waals surface area contributed by atoms with Crippen LogP contribution in [0.4, 0.5) is 0 Å². The zero-order valence-corrected chi connectivity index (χ0v) is 12.0. The van der Waals surface area contributed by atoms with Crippen molar-refractivity contribution >= 4 is 11.8 Å². The van der Waals surface area contributed by atoms with E-state index >= 15 is 0 Å². The number of carbonyl (C=O) groups excluding carboxylic acids is 2. The smallest absolute Gasteiger partial charge is 0.229 e. The molecule has 2 rings (SSSR count). The molecule has 5 heteroatoms. The lowest BCUT2D eigenvalue weighted by Gasteiger charge is -2.28. The largest absolute Gasteiger partial charge is 0.493 e. The molecule has 5 nitrogen and oxygen atoms in total. The Labute approximate surface area is 124 Å². The standard InChI is InChI=1S/C16H18N2O3/c1-12-8-15(19)18(16(20)9-12)6-3-7-21-14-5-2-4-13(10-14)11-17/h2,4-5,10,12H,3,6-9H2,1H3. The maximum Gasteiger partial charge on any atom is 0.229 e. The molecule has 0 radical (unpaired) electrons. The van der Waals surface area contributed by atoms with Gasteiger partial charge in [-0.25, -0.2) is 0 Å². The van der Waals surface area contributed by atoms with Crippen molar-refractivity contribution in [3.05, 3.63) is 29.8 Å². The van der Waals surface area contributed by atoms with Gasteiger partial charge in [0.15, 0.2) is 0 Å². The van der Waals surface area contributed by atoms with Crippen molar-refractivity contribution in [1.29, 1.82) is 5.26 Å². The number of imide groups is 1. The molecule has 0 N–H and O–H groups in total. The van der Waals surface area contributed by atoms with E-state index in [-0.39, 0.29) is 17.7 Å². The molecule has 0 unspecified atom stereocenters. The Morgan fingerprint density at radius 2 is 2.05 bits per heavy atom. The second-order valence-corrected chi connectivity index (χ2v) is 5.29. The lowest BCUT2D eigenvalue weighted by molar-refractivity contribution is -0.149. The maximum absolute atomic E-state index is 11.8. The van der Waals surface area contributed by atoms with E-state index < -0.39 is 0 Å². The van der Waals surface area contributed by atoms with Gasteiger partial charge in [-0.2, -0.15) is 5.26 Å². The number of amides is 2. The topological polar surface area (TPSA) is 70.4 Å². The van der Waals surface area contributed by atoms with Gasteiger partial charge >= 0.3 is 0 Å². The summed E-state index contributed by atoms with van der Waals surface area (Å²) in [5, 5.41) is 8.80. The highest BCUT2D eigenvalue weighted by atomic mass is 16.5. The van der Waals surface area contributed by atoms with Crippen molar-refractivity contribution in [3.63, 3.8) is 0 Å². The van der Waals surface area contributed by atoms with Crippen LogP contribution in [-0.4, -0.2) is 29.9 Å². The lowest BCUT2D eigenvalue weighted by atomic mass is 9.98. The van der Waals surface area contributed by atoms with Crippen molar-refractivity contribution < 1.29 is 14.3 Å². The molecular formula is C16H18N2O3. The first-order valence-electron chi connectivity index (χ1n) is 7.06. The molecule has 1 aliphatic rings. The van der Waals surface area contributed by atoms with Gasteiger partial charge in [-0.3, -0.25) is 14.5 Å². The van der Waals surface area contributed by atoms with Gasteiger partial charge in [0.1, 0.15) is 5.75 Å². The number of ether oxygens (including phenoxy) is 1. The van der Waals surface area contributed by atoms with Crippen molar-refractivity contribution in [2.45, 2.75) is 26.2 Å². The van der Waals surface area contributed by atoms with Crippen LogP contribution in [0.5, 0.6) is 5.75 Å². The monoisotopic (exact) mass is 286 g/mol. The summed E-state index contributed by atoms with van der Waals surface area (Å²) in [5.74, 6) is 0.584. The molecule has 2 amide bonds. The summed E-state index contributed by atoms with van der Waals surface area (Å²) in [6.07, 6.45) is 1.47. The molecular weight excluding hydrogens is 268 g/mol. The van der Waals surface area contributed by atoms with Crippen LogP contribution >= 0.6 is 0 Å². The number of nitriles is 1. The molecule has 1 saturated heterocycles. The minimum absolute atomic E-state index is 0.0924. The summed E-state index contributed by atoms with van der Waals surface area (Å²) < 4.78 is 5.53. The highest BCUT2D eigenvalue weighted by molar-refractivity contribution is 5.97. The highest BCUT2D eigenvalue weighted by Gasteiger charge is 2.29. The summed E-state index contributed by atoms with van der Waals surface area (Å²) in [5.41, 5.74) is 0.544. The number of nitrogens with zero attached hydrogens (tertiary/aromatic N) is 2. The molecule has 1 heterocycles. The van der Waals surface area contributed by atoms with Crippen LogP contribution in [0.3, 0.4) is 0 Å². The summed E-state index contributed by atoms with van der Waals surface area (Å²) in [6.45, 7) is 2.71. The molecule has 1 aliphatic heterocycles. The third-order valence-electron chi connectivity index (χ3n) is 3.41. The van der Waals surface area contributed by atoms with Gasteiger partial charge in [-0.05, 0) is 30.5 Å². The van der Waals surface area contributed by atoms with Crippen molar-refractivity contribution in [1.82, 2.24) is 4.90 Å². The van der Waals surface area contributed by atoms with Crippen LogP contribution in [-0.2, 0) is 9.59 Å². The van der Waals surface area contributed by atoms with E-state index in [9.17, 15) is 9.59 Å². The van der Waals surface area contributed by atoms with E-state index in [1.807, 2.05) is 13.0 Å². The van der Waals surface area contributed by atoms with Crippen molar-refractivity contribution in [3.8, 4) is 11.8 Å². The average Bonchev–Trinajstić information content (AvgIpc) is 2.45. The third kappa shape index (κ3) is 4.06. The van der Waals surface area contributed by atoms with E-state index in [2.05, 4.69) is 0 Å². The van der Waals surface area contributed by atoms with Gasteiger partial charge in [0.2, 0.25) is 11.8 Å². The summed E-state index contributed by atoms with van der Waals surface area (Å²) in [7, 11) is 0. The molecule has 0 spiro atoms. The van der Waals surface area contributed by atoms with Gasteiger partial charge in [0.25, 0.3) is 0 Å². The number of carbonyl (C=O) groups is 2. The molecule has 1 aromatic carbocycles. The average molecular weight is 286 g/mol. The Morgan fingerprint density at radius 1 is 1.33 bits per heavy atom. The van der Waals surface area contributed by atoms with E-state index in [0.29, 0.717) is 43.7 Å². The molecule has 1 aromatic rings. The van der Waals surface area contributed by atoms with E-state index in [4.69, 9.17) is 10.00 Å². The van der Waals surface area contributed by atoms with E-state index in [0.717, 1.165) is 0 Å². The molecule has 110 valence electrons. The maximum atomic E-state index is 11.8. The number of hydrogen-bond donors (Lipinski definition) is 0. The number of likely N-dealkylation sites (tertiary alicyclic amines) is 1. The Morgan fingerprint density at radius 3 is 2.71 bits per heavy atom. The lowest BCUT2D eigenvalue weighted by Crippen LogP contribution is -2.43. The fourth-order valence-electron chi connectivity index (χ4n) is 2.35. The number of hydrogen-bond acceptors (Lipinski definition) is 4. The molecule has 0 bridgehead atoms. The van der Waals surface area contributed by atoms with Crippen LogP contribution in [0.15, 0.2) is 24.3 Å². The Balaban J connectivity index is 1.78. The van der Waals surface area contributed by atoms with Crippen LogP contribution in [0, 0.1) is 17.2 Å². The number of rotatable bonds is 5. The summed E-state index contributed by atoms with van der Waals surface area (Å²) >= 11 is 0. The SMILES string of the molecule is CC1CC(=O)N(CCCOc2cccc(C#N)c2)C(=O)C1. The number of benzene rings is 1. The zero-order valence-electron chi connectivity index (χ0n) is 12.0.